The molecule has 0 unspecified atom stereocenters. The Hall–Kier alpha value is -6.74. The van der Waals surface area contributed by atoms with Crippen molar-refractivity contribution >= 4 is 91.7 Å². The van der Waals surface area contributed by atoms with E-state index in [1.54, 1.807) is 0 Å². The summed E-state index contributed by atoms with van der Waals surface area (Å²) in [4.78, 5) is 2.40. The van der Waals surface area contributed by atoms with Crippen LogP contribution < -0.4 is 4.90 Å². The minimum atomic E-state index is 1.12. The van der Waals surface area contributed by atoms with Crippen molar-refractivity contribution in [3.63, 3.8) is 0 Å². The van der Waals surface area contributed by atoms with Gasteiger partial charge in [0.1, 0.15) is 0 Å². The smallest absolute Gasteiger partial charge is 0.0476 e. The monoisotopic (exact) mass is 703 g/mol. The summed E-state index contributed by atoms with van der Waals surface area (Å²) in [5.41, 5.74) is 8.26. The number of hydrogen-bond donors (Lipinski definition) is 0. The molecule has 0 saturated carbocycles. The third kappa shape index (κ3) is 4.99. The summed E-state index contributed by atoms with van der Waals surface area (Å²) in [5, 5.41) is 12.9. The van der Waals surface area contributed by atoms with Crippen LogP contribution in [-0.2, 0) is 0 Å². The van der Waals surface area contributed by atoms with E-state index in [2.05, 4.69) is 205 Å². The van der Waals surface area contributed by atoms with Gasteiger partial charge in [-0.2, -0.15) is 0 Å². The van der Waals surface area contributed by atoms with E-state index in [1.807, 2.05) is 11.3 Å². The normalized spacial score (nSPS) is 11.7. The number of thiophene rings is 1. The Labute approximate surface area is 317 Å². The Balaban J connectivity index is 1.08. The van der Waals surface area contributed by atoms with Crippen LogP contribution in [0.1, 0.15) is 0 Å². The van der Waals surface area contributed by atoms with E-state index >= 15 is 0 Å². The lowest BCUT2D eigenvalue weighted by Gasteiger charge is -2.26. The molecule has 11 rings (SSSR count). The lowest BCUT2D eigenvalue weighted by atomic mass is 9.90. The Morgan fingerprint density at radius 2 is 0.833 bits per heavy atom. The maximum atomic E-state index is 2.40. The van der Waals surface area contributed by atoms with Crippen LogP contribution in [0, 0.1) is 0 Å². The summed E-state index contributed by atoms with van der Waals surface area (Å²) in [6.45, 7) is 0. The molecule has 0 saturated heterocycles. The molecule has 0 fully saturated rings. The summed E-state index contributed by atoms with van der Waals surface area (Å²) < 4.78 is 2.61. The summed E-state index contributed by atoms with van der Waals surface area (Å²) in [5.74, 6) is 0. The van der Waals surface area contributed by atoms with Crippen molar-refractivity contribution in [1.82, 2.24) is 0 Å². The molecule has 1 nitrogen and oxygen atoms in total. The summed E-state index contributed by atoms with van der Waals surface area (Å²) in [6.07, 6.45) is 0. The van der Waals surface area contributed by atoms with Crippen molar-refractivity contribution < 1.29 is 0 Å². The van der Waals surface area contributed by atoms with Gasteiger partial charge in [0.25, 0.3) is 0 Å². The second-order valence-electron chi connectivity index (χ2n) is 14.1. The topological polar surface area (TPSA) is 3.24 Å². The van der Waals surface area contributed by atoms with Crippen molar-refractivity contribution in [3.05, 3.63) is 200 Å². The largest absolute Gasteiger partial charge is 0.310 e. The van der Waals surface area contributed by atoms with E-state index in [-0.39, 0.29) is 0 Å². The molecule has 0 bridgehead atoms. The molecule has 0 aliphatic carbocycles. The van der Waals surface area contributed by atoms with Gasteiger partial charge in [-0.3, -0.25) is 0 Å². The zero-order chi connectivity index (χ0) is 35.6. The second kappa shape index (κ2) is 12.4. The lowest BCUT2D eigenvalue weighted by Crippen LogP contribution is -2.09. The van der Waals surface area contributed by atoms with Gasteiger partial charge < -0.3 is 4.90 Å². The van der Waals surface area contributed by atoms with Gasteiger partial charge in [0.05, 0.1) is 0 Å². The third-order valence-corrected chi connectivity index (χ3v) is 12.1. The van der Waals surface area contributed by atoms with Gasteiger partial charge in [-0.15, -0.1) is 11.3 Å². The van der Waals surface area contributed by atoms with Gasteiger partial charge in [0, 0.05) is 37.2 Å². The first-order valence-electron chi connectivity index (χ1n) is 18.5. The van der Waals surface area contributed by atoms with E-state index in [0.717, 1.165) is 17.1 Å². The van der Waals surface area contributed by atoms with Crippen LogP contribution in [0.2, 0.25) is 0 Å². The fourth-order valence-electron chi connectivity index (χ4n) is 8.45. The van der Waals surface area contributed by atoms with Gasteiger partial charge in [0.2, 0.25) is 0 Å². The van der Waals surface area contributed by atoms with Gasteiger partial charge in [-0.25, -0.2) is 0 Å². The van der Waals surface area contributed by atoms with E-state index in [9.17, 15) is 0 Å². The predicted octanol–water partition coefficient (Wildman–Crippen LogP) is 15.5. The number of anilines is 3. The molecular weight excluding hydrogens is 671 g/mol. The maximum absolute atomic E-state index is 2.40. The zero-order valence-corrected chi connectivity index (χ0v) is 30.2. The molecule has 54 heavy (non-hydrogen) atoms. The van der Waals surface area contributed by atoms with Crippen LogP contribution in [0.5, 0.6) is 0 Å². The van der Waals surface area contributed by atoms with Crippen LogP contribution in [0.15, 0.2) is 200 Å². The highest BCUT2D eigenvalue weighted by Gasteiger charge is 2.18. The van der Waals surface area contributed by atoms with Crippen LogP contribution in [0.4, 0.5) is 17.1 Å². The Morgan fingerprint density at radius 3 is 1.56 bits per heavy atom. The van der Waals surface area contributed by atoms with Gasteiger partial charge in [0.15, 0.2) is 0 Å². The Bertz CT molecular complexity index is 3190. The standard InChI is InChI=1S/C52H33NS/c1-2-10-34(11-3-1)35-18-24-40(25-19-35)53(42-28-30-47-50(33-42)54-49-31-23-37-13-5-9-17-45(37)52(47)49)41-26-20-38(21-27-41)48-32-39-14-6-7-15-43(39)46-29-22-36-12-4-8-16-44(36)51(46)48/h1-33H. The molecular formula is C52H33NS. The number of hydrogen-bond acceptors (Lipinski definition) is 2. The lowest BCUT2D eigenvalue weighted by molar-refractivity contribution is 1.29. The minimum Gasteiger partial charge on any atom is -0.310 e. The van der Waals surface area contributed by atoms with Gasteiger partial charge in [-0.05, 0) is 114 Å². The summed E-state index contributed by atoms with van der Waals surface area (Å²) in [6, 6.07) is 73.5. The highest BCUT2D eigenvalue weighted by molar-refractivity contribution is 7.26. The van der Waals surface area contributed by atoms with Gasteiger partial charge >= 0.3 is 0 Å². The quantitative estimate of drug-likeness (QED) is 0.161. The predicted molar refractivity (Wildman–Crippen MR) is 235 cm³/mol. The van der Waals surface area contributed by atoms with Crippen LogP contribution in [-0.4, -0.2) is 0 Å². The van der Waals surface area contributed by atoms with Crippen molar-refractivity contribution in [1.29, 1.82) is 0 Å². The molecule has 252 valence electrons. The van der Waals surface area contributed by atoms with E-state index in [1.165, 1.54) is 85.5 Å². The van der Waals surface area contributed by atoms with Crippen LogP contribution >= 0.6 is 11.3 Å². The van der Waals surface area contributed by atoms with Crippen molar-refractivity contribution in [2.75, 3.05) is 4.90 Å². The second-order valence-corrected chi connectivity index (χ2v) is 15.2. The Morgan fingerprint density at radius 1 is 0.296 bits per heavy atom. The third-order valence-electron chi connectivity index (χ3n) is 11.0. The average Bonchev–Trinajstić information content (AvgIpc) is 3.63. The molecule has 0 N–H and O–H groups in total. The number of benzene rings is 10. The fraction of sp³-hybridized carbons (Fsp3) is 0. The van der Waals surface area contributed by atoms with Crippen LogP contribution in [0.3, 0.4) is 0 Å². The summed E-state index contributed by atoms with van der Waals surface area (Å²) >= 11 is 1.87. The summed E-state index contributed by atoms with van der Waals surface area (Å²) in [7, 11) is 0. The molecule has 0 aliphatic heterocycles. The van der Waals surface area contributed by atoms with Crippen molar-refractivity contribution in [2.45, 2.75) is 0 Å². The number of fused-ring (bicyclic) bond motifs is 10. The molecule has 0 spiro atoms. The number of rotatable bonds is 5. The first-order chi connectivity index (χ1) is 26.8. The minimum absolute atomic E-state index is 1.12. The highest BCUT2D eigenvalue weighted by atomic mass is 32.1. The molecule has 0 aliphatic rings. The first-order valence-corrected chi connectivity index (χ1v) is 19.3. The maximum Gasteiger partial charge on any atom is 0.0476 e. The molecule has 11 aromatic rings. The van der Waals surface area contributed by atoms with Crippen molar-refractivity contribution in [3.8, 4) is 22.3 Å². The van der Waals surface area contributed by atoms with Crippen molar-refractivity contribution in [2.24, 2.45) is 0 Å². The van der Waals surface area contributed by atoms with E-state index < -0.39 is 0 Å². The molecule has 1 aromatic heterocycles. The van der Waals surface area contributed by atoms with E-state index in [0.29, 0.717) is 0 Å². The zero-order valence-electron chi connectivity index (χ0n) is 29.4. The highest BCUT2D eigenvalue weighted by Crippen LogP contribution is 2.44. The average molecular weight is 704 g/mol. The molecule has 0 atom stereocenters. The van der Waals surface area contributed by atoms with Crippen LogP contribution in [0.25, 0.3) is 85.5 Å². The Kier molecular flexibility index (Phi) is 7.11. The number of nitrogens with zero attached hydrogens (tertiary/aromatic N) is 1. The molecule has 2 heteroatoms. The van der Waals surface area contributed by atoms with Gasteiger partial charge in [-0.1, -0.05) is 152 Å². The molecule has 0 radical (unpaired) electrons. The SMILES string of the molecule is c1ccc(-c2ccc(N(c3ccc(-c4cc5ccccc5c5ccc6ccccc6c45)cc3)c3ccc4c(c3)sc3ccc5ccccc5c34)cc2)cc1. The molecule has 1 heterocycles. The molecule has 0 amide bonds. The first kappa shape index (κ1) is 30.8. The molecule has 10 aromatic carbocycles. The van der Waals surface area contributed by atoms with E-state index in [4.69, 9.17) is 0 Å². The fourth-order valence-corrected chi connectivity index (χ4v) is 9.61.